The Balaban J connectivity index is 1.14. The second-order valence-corrected chi connectivity index (χ2v) is 8.91. The van der Waals surface area contributed by atoms with Gasteiger partial charge >= 0.3 is 0 Å². The van der Waals surface area contributed by atoms with E-state index in [9.17, 15) is 4.79 Å². The topological polar surface area (TPSA) is 62.5 Å². The monoisotopic (exact) mass is 428 g/mol. The third-order valence-corrected chi connectivity index (χ3v) is 6.77. The molecule has 29 heavy (non-hydrogen) atoms. The van der Waals surface area contributed by atoms with Crippen molar-refractivity contribution >= 4 is 29.0 Å². The molecule has 1 fully saturated rings. The Kier molecular flexibility index (Phi) is 6.97. The summed E-state index contributed by atoms with van der Waals surface area (Å²) in [5, 5.41) is 6.07. The molecule has 0 aliphatic carbocycles. The van der Waals surface area contributed by atoms with Crippen LogP contribution in [0.4, 0.5) is 0 Å². The predicted octanol–water partition coefficient (Wildman–Crippen LogP) is 3.67. The van der Waals surface area contributed by atoms with Crippen LogP contribution in [0.3, 0.4) is 0 Å². The van der Waals surface area contributed by atoms with Gasteiger partial charge in [-0.15, -0.1) is 23.1 Å². The first-order valence-corrected chi connectivity index (χ1v) is 11.7. The second-order valence-electron chi connectivity index (χ2n) is 6.92. The van der Waals surface area contributed by atoms with Crippen molar-refractivity contribution in [2.75, 3.05) is 38.5 Å². The van der Waals surface area contributed by atoms with E-state index in [4.69, 9.17) is 4.52 Å². The highest BCUT2D eigenvalue weighted by molar-refractivity contribution is 8.00. The van der Waals surface area contributed by atoms with Crippen molar-refractivity contribution in [3.05, 3.63) is 53.7 Å². The van der Waals surface area contributed by atoms with Crippen LogP contribution in [0.2, 0.25) is 0 Å². The molecule has 1 saturated heterocycles. The van der Waals surface area contributed by atoms with Crippen molar-refractivity contribution in [3.63, 3.8) is 0 Å². The van der Waals surface area contributed by atoms with E-state index in [0.29, 0.717) is 17.5 Å². The molecule has 1 aliphatic rings. The Hall–Kier alpha value is -2.16. The van der Waals surface area contributed by atoms with Gasteiger partial charge in [-0.1, -0.05) is 29.4 Å². The van der Waals surface area contributed by atoms with Gasteiger partial charge in [0.1, 0.15) is 0 Å². The lowest BCUT2D eigenvalue weighted by molar-refractivity contribution is -0.130. The number of rotatable bonds is 8. The van der Waals surface area contributed by atoms with Crippen LogP contribution in [-0.4, -0.2) is 64.3 Å². The van der Waals surface area contributed by atoms with Crippen LogP contribution in [0.1, 0.15) is 12.3 Å². The number of carbonyl (C=O) groups excluding carboxylic acids is 1. The first-order valence-electron chi connectivity index (χ1n) is 9.82. The van der Waals surface area contributed by atoms with Gasteiger partial charge in [0.15, 0.2) is 0 Å². The average molecular weight is 429 g/mol. The highest BCUT2D eigenvalue weighted by atomic mass is 32.2. The molecule has 0 saturated carbocycles. The zero-order valence-corrected chi connectivity index (χ0v) is 17.8. The first-order chi connectivity index (χ1) is 14.3. The van der Waals surface area contributed by atoms with Gasteiger partial charge in [-0.05, 0) is 36.5 Å². The number of aryl methyl sites for hydroxylation is 1. The molecule has 0 unspecified atom stereocenters. The quantitative estimate of drug-likeness (QED) is 0.510. The third-order valence-electron chi connectivity index (χ3n) is 4.91. The molecular formula is C21H24N4O2S2. The summed E-state index contributed by atoms with van der Waals surface area (Å²) in [5.74, 6) is 2.11. The molecule has 8 heteroatoms. The van der Waals surface area contributed by atoms with Crippen LogP contribution in [0.15, 0.2) is 57.3 Å². The van der Waals surface area contributed by atoms with E-state index in [1.165, 1.54) is 0 Å². The SMILES string of the molecule is O=C(CSc1ccccc1)N1CCN(CCCc2nc(-c3cccs3)no2)CC1. The molecule has 6 nitrogen and oxygen atoms in total. The number of carbonyl (C=O) groups is 1. The van der Waals surface area contributed by atoms with Gasteiger partial charge in [0.25, 0.3) is 0 Å². The van der Waals surface area contributed by atoms with Crippen molar-refractivity contribution in [3.8, 4) is 10.7 Å². The Bertz CT molecular complexity index is 891. The maximum absolute atomic E-state index is 12.4. The van der Waals surface area contributed by atoms with E-state index in [-0.39, 0.29) is 5.91 Å². The number of hydrogen-bond acceptors (Lipinski definition) is 7. The number of hydrogen-bond donors (Lipinski definition) is 0. The fourth-order valence-electron chi connectivity index (χ4n) is 3.29. The van der Waals surface area contributed by atoms with E-state index in [1.807, 2.05) is 52.7 Å². The van der Waals surface area contributed by atoms with Crippen LogP contribution in [0, 0.1) is 0 Å². The fraction of sp³-hybridized carbons (Fsp3) is 0.381. The van der Waals surface area contributed by atoms with Crippen molar-refractivity contribution < 1.29 is 9.32 Å². The minimum absolute atomic E-state index is 0.227. The fourth-order valence-corrected chi connectivity index (χ4v) is 4.76. The summed E-state index contributed by atoms with van der Waals surface area (Å²) in [6.07, 6.45) is 1.76. The molecule has 3 aromatic rings. The van der Waals surface area contributed by atoms with Gasteiger partial charge in [0.2, 0.25) is 17.6 Å². The van der Waals surface area contributed by atoms with Crippen molar-refractivity contribution in [2.24, 2.45) is 0 Å². The third kappa shape index (κ3) is 5.68. The molecular weight excluding hydrogens is 404 g/mol. The summed E-state index contributed by atoms with van der Waals surface area (Å²) in [5.41, 5.74) is 0. The molecule has 4 rings (SSSR count). The first kappa shape index (κ1) is 20.1. The maximum Gasteiger partial charge on any atom is 0.233 e. The van der Waals surface area contributed by atoms with Crippen LogP contribution in [0.25, 0.3) is 10.7 Å². The maximum atomic E-state index is 12.4. The zero-order valence-electron chi connectivity index (χ0n) is 16.2. The standard InChI is InChI=1S/C21H24N4O2S2/c26-20(16-29-17-6-2-1-3-7-17)25-13-11-24(12-14-25)10-4-9-19-22-21(23-27-19)18-8-5-15-28-18/h1-3,5-8,15H,4,9-14,16H2. The lowest BCUT2D eigenvalue weighted by atomic mass is 10.2. The predicted molar refractivity (Wildman–Crippen MR) is 116 cm³/mol. The number of thioether (sulfide) groups is 1. The van der Waals surface area contributed by atoms with E-state index in [1.54, 1.807) is 23.1 Å². The lowest BCUT2D eigenvalue weighted by Gasteiger charge is -2.34. The normalized spacial score (nSPS) is 15.0. The van der Waals surface area contributed by atoms with E-state index < -0.39 is 0 Å². The van der Waals surface area contributed by atoms with Crippen LogP contribution >= 0.6 is 23.1 Å². The number of piperazine rings is 1. The van der Waals surface area contributed by atoms with Gasteiger partial charge < -0.3 is 9.42 Å². The molecule has 152 valence electrons. The molecule has 0 radical (unpaired) electrons. The Labute approximate surface area is 178 Å². The summed E-state index contributed by atoms with van der Waals surface area (Å²) < 4.78 is 5.36. The molecule has 0 atom stereocenters. The smallest absolute Gasteiger partial charge is 0.233 e. The number of benzene rings is 1. The van der Waals surface area contributed by atoms with Gasteiger partial charge in [-0.3, -0.25) is 9.69 Å². The molecule has 2 aromatic heterocycles. The number of thiophene rings is 1. The van der Waals surface area contributed by atoms with E-state index in [2.05, 4.69) is 15.0 Å². The van der Waals surface area contributed by atoms with Crippen molar-refractivity contribution in [2.45, 2.75) is 17.7 Å². The summed E-state index contributed by atoms with van der Waals surface area (Å²) >= 11 is 3.22. The van der Waals surface area contributed by atoms with Gasteiger partial charge in [0, 0.05) is 37.5 Å². The van der Waals surface area contributed by atoms with Crippen LogP contribution < -0.4 is 0 Å². The summed E-state index contributed by atoms with van der Waals surface area (Å²) in [7, 11) is 0. The summed E-state index contributed by atoms with van der Waals surface area (Å²) in [6.45, 7) is 4.43. The molecule has 0 N–H and O–H groups in total. The number of amides is 1. The molecule has 0 bridgehead atoms. The average Bonchev–Trinajstić information content (AvgIpc) is 3.45. The lowest BCUT2D eigenvalue weighted by Crippen LogP contribution is -2.49. The second kappa shape index (κ2) is 10.0. The minimum atomic E-state index is 0.227. The van der Waals surface area contributed by atoms with Crippen LogP contribution in [-0.2, 0) is 11.2 Å². The molecule has 1 aromatic carbocycles. The summed E-state index contributed by atoms with van der Waals surface area (Å²) in [4.78, 5) is 23.5. The van der Waals surface area contributed by atoms with Crippen molar-refractivity contribution in [1.29, 1.82) is 0 Å². The Morgan fingerprint density at radius 1 is 1.10 bits per heavy atom. The summed E-state index contributed by atoms with van der Waals surface area (Å²) in [6, 6.07) is 14.1. The number of nitrogens with zero attached hydrogens (tertiary/aromatic N) is 4. The Morgan fingerprint density at radius 2 is 1.93 bits per heavy atom. The van der Waals surface area contributed by atoms with Crippen molar-refractivity contribution in [1.82, 2.24) is 19.9 Å². The van der Waals surface area contributed by atoms with Gasteiger partial charge in [-0.25, -0.2) is 0 Å². The minimum Gasteiger partial charge on any atom is -0.339 e. The van der Waals surface area contributed by atoms with Gasteiger partial charge in [-0.2, -0.15) is 4.98 Å². The molecule has 1 amide bonds. The zero-order chi connectivity index (χ0) is 19.9. The molecule has 1 aliphatic heterocycles. The largest absolute Gasteiger partial charge is 0.339 e. The van der Waals surface area contributed by atoms with E-state index in [0.717, 1.165) is 55.3 Å². The Morgan fingerprint density at radius 3 is 2.69 bits per heavy atom. The van der Waals surface area contributed by atoms with E-state index >= 15 is 0 Å². The number of aromatic nitrogens is 2. The molecule has 0 spiro atoms. The highest BCUT2D eigenvalue weighted by Gasteiger charge is 2.21. The van der Waals surface area contributed by atoms with Gasteiger partial charge in [0.05, 0.1) is 10.6 Å². The molecule has 3 heterocycles. The van der Waals surface area contributed by atoms with Crippen LogP contribution in [0.5, 0.6) is 0 Å². The highest BCUT2D eigenvalue weighted by Crippen LogP contribution is 2.21.